The number of hydrogen-bond donors (Lipinski definition) is 5. The molecule has 4 fully saturated rings. The monoisotopic (exact) mass is 739 g/mol. The predicted molar refractivity (Wildman–Crippen MR) is 196 cm³/mol. The van der Waals surface area contributed by atoms with E-state index in [-0.39, 0.29) is 49.0 Å². The molecular formula is C36H53N9O8. The first-order valence-electron chi connectivity index (χ1n) is 18.0. The smallest absolute Gasteiger partial charge is 0.343 e. The lowest BCUT2D eigenvalue weighted by molar-refractivity contribution is -0.156. The molecule has 290 valence electrons. The van der Waals surface area contributed by atoms with Crippen molar-refractivity contribution in [2.75, 3.05) is 39.8 Å². The second-order valence-corrected chi connectivity index (χ2v) is 13.1. The molecule has 4 aliphatic heterocycles. The van der Waals surface area contributed by atoms with Crippen LogP contribution in [0.15, 0.2) is 47.6 Å². The largest absolute Gasteiger partial charge is 0.464 e. The summed E-state index contributed by atoms with van der Waals surface area (Å²) in [4.78, 5) is 94.1. The quantitative estimate of drug-likeness (QED) is 0.158. The van der Waals surface area contributed by atoms with Gasteiger partial charge in [0, 0.05) is 26.7 Å². The minimum absolute atomic E-state index is 0.00347. The lowest BCUT2D eigenvalue weighted by Crippen LogP contribution is -2.59. The SMILES string of the molecule is CC1NC(=O)C2CCCCN2C(=O)C2CCCN2C(=O)CCOC(=O)C2CCCN2C1=O.CN/C=C\C(N)=N/C(=O)NCC(N)=O.Cc1ccccc1. The molecule has 53 heavy (non-hydrogen) atoms. The number of nitrogens with zero attached hydrogens (tertiary/aromatic N) is 4. The van der Waals surface area contributed by atoms with Crippen molar-refractivity contribution in [1.82, 2.24) is 30.7 Å². The van der Waals surface area contributed by atoms with Gasteiger partial charge in [0.2, 0.25) is 29.5 Å². The number of cyclic esters (lactones) is 1. The zero-order valence-corrected chi connectivity index (χ0v) is 30.8. The van der Waals surface area contributed by atoms with Crippen molar-refractivity contribution in [2.24, 2.45) is 16.5 Å². The van der Waals surface area contributed by atoms with Gasteiger partial charge in [-0.3, -0.25) is 24.0 Å². The molecule has 4 atom stereocenters. The van der Waals surface area contributed by atoms with Gasteiger partial charge in [-0.1, -0.05) is 35.9 Å². The first-order valence-corrected chi connectivity index (χ1v) is 18.0. The number of benzene rings is 1. The van der Waals surface area contributed by atoms with Crippen LogP contribution < -0.4 is 27.4 Å². The second-order valence-electron chi connectivity index (χ2n) is 13.1. The third-order valence-electron chi connectivity index (χ3n) is 9.05. The lowest BCUT2D eigenvalue weighted by Gasteiger charge is -2.38. The molecule has 1 aromatic carbocycles. The summed E-state index contributed by atoms with van der Waals surface area (Å²) in [5.41, 5.74) is 11.4. The number of esters is 1. The topological polar surface area (TPSA) is 239 Å². The summed E-state index contributed by atoms with van der Waals surface area (Å²) >= 11 is 0. The molecule has 0 spiro atoms. The maximum atomic E-state index is 13.4. The van der Waals surface area contributed by atoms with E-state index < -0.39 is 42.1 Å². The van der Waals surface area contributed by atoms with Gasteiger partial charge in [-0.2, -0.15) is 4.99 Å². The van der Waals surface area contributed by atoms with Crippen molar-refractivity contribution in [3.05, 3.63) is 48.2 Å². The zero-order chi connectivity index (χ0) is 38.9. The fourth-order valence-electron chi connectivity index (χ4n) is 6.42. The van der Waals surface area contributed by atoms with E-state index in [1.54, 1.807) is 23.8 Å². The Kier molecular flexibility index (Phi) is 16.7. The van der Waals surface area contributed by atoms with E-state index in [2.05, 4.69) is 40.0 Å². The number of piperidine rings is 1. The van der Waals surface area contributed by atoms with Gasteiger partial charge < -0.3 is 46.9 Å². The summed E-state index contributed by atoms with van der Waals surface area (Å²) in [6, 6.07) is 6.80. The first kappa shape index (κ1) is 41.9. The number of aliphatic imine (C=N–C) groups is 1. The van der Waals surface area contributed by atoms with Crippen molar-refractivity contribution in [1.29, 1.82) is 0 Å². The molecule has 17 nitrogen and oxygen atoms in total. The minimum atomic E-state index is -0.813. The van der Waals surface area contributed by atoms with Gasteiger partial charge in [0.25, 0.3) is 0 Å². The Hall–Kier alpha value is -5.48. The van der Waals surface area contributed by atoms with Crippen molar-refractivity contribution in [2.45, 2.75) is 89.4 Å². The molecule has 4 unspecified atom stereocenters. The molecule has 4 saturated heterocycles. The van der Waals surface area contributed by atoms with Crippen LogP contribution in [0.25, 0.3) is 0 Å². The molecule has 0 saturated carbocycles. The van der Waals surface area contributed by atoms with Gasteiger partial charge in [0.05, 0.1) is 13.0 Å². The van der Waals surface area contributed by atoms with Crippen molar-refractivity contribution in [3.63, 3.8) is 0 Å². The van der Waals surface area contributed by atoms with Crippen molar-refractivity contribution in [3.8, 4) is 0 Å². The van der Waals surface area contributed by atoms with Gasteiger partial charge >= 0.3 is 12.0 Å². The molecule has 0 radical (unpaired) electrons. The Morgan fingerprint density at radius 1 is 0.887 bits per heavy atom. The molecule has 4 aliphatic rings. The highest BCUT2D eigenvalue weighted by molar-refractivity contribution is 6.00. The van der Waals surface area contributed by atoms with Crippen LogP contribution in [0.2, 0.25) is 0 Å². The third-order valence-corrected chi connectivity index (χ3v) is 9.05. The van der Waals surface area contributed by atoms with Gasteiger partial charge in [0.15, 0.2) is 0 Å². The number of nitrogens with two attached hydrogens (primary N) is 2. The molecular weight excluding hydrogens is 686 g/mol. The molecule has 5 rings (SSSR count). The number of rotatable bonds is 4. The Morgan fingerprint density at radius 2 is 1.51 bits per heavy atom. The van der Waals surface area contributed by atoms with Crippen molar-refractivity contribution >= 4 is 47.4 Å². The Bertz CT molecular complexity index is 1520. The van der Waals surface area contributed by atoms with Crippen LogP contribution in [0, 0.1) is 6.92 Å². The van der Waals surface area contributed by atoms with Crippen LogP contribution in [0.3, 0.4) is 0 Å². The van der Waals surface area contributed by atoms with E-state index in [0.29, 0.717) is 45.3 Å². The van der Waals surface area contributed by atoms with E-state index in [4.69, 9.17) is 16.2 Å². The van der Waals surface area contributed by atoms with Crippen LogP contribution in [0.4, 0.5) is 4.79 Å². The molecule has 0 aromatic heterocycles. The number of amidine groups is 1. The van der Waals surface area contributed by atoms with Gasteiger partial charge in [0.1, 0.15) is 36.6 Å². The van der Waals surface area contributed by atoms with Crippen molar-refractivity contribution < 1.29 is 38.3 Å². The lowest BCUT2D eigenvalue weighted by atomic mass is 9.99. The standard InChI is InChI=1S/C22H32N4O6.C7H13N5O2.C7H8/c1-14-20(29)26-12-5-8-17(26)22(31)32-13-9-18(27)24-11-4-7-16(24)21(30)25-10-3-2-6-15(25)19(28)23-14;1-10-3-2-5(8)12-7(14)11-4-6(9)13;1-7-5-3-2-4-6-7/h14-17H,2-13H2,1H3,(H,23,28);2-3,10H,4H2,1H3,(H2,9,13)(H3,8,11,12,14);2-6H,1H3/b;3-2-;. The van der Waals surface area contributed by atoms with E-state index in [9.17, 15) is 33.6 Å². The predicted octanol–water partition coefficient (Wildman–Crippen LogP) is 0.0677. The summed E-state index contributed by atoms with van der Waals surface area (Å²) in [5.74, 6) is -2.28. The molecule has 0 aliphatic carbocycles. The van der Waals surface area contributed by atoms with E-state index in [1.165, 1.54) is 22.7 Å². The zero-order valence-electron chi connectivity index (χ0n) is 30.8. The highest BCUT2D eigenvalue weighted by atomic mass is 16.5. The number of aryl methyl sites for hydroxylation is 1. The van der Waals surface area contributed by atoms with Crippen LogP contribution in [-0.4, -0.2) is 126 Å². The summed E-state index contributed by atoms with van der Waals surface area (Å²) in [6.07, 6.45) is 7.51. The van der Waals surface area contributed by atoms with Gasteiger partial charge in [-0.25, -0.2) is 9.59 Å². The maximum absolute atomic E-state index is 13.4. The highest BCUT2D eigenvalue weighted by Crippen LogP contribution is 2.26. The van der Waals surface area contributed by atoms with E-state index in [1.807, 2.05) is 18.2 Å². The molecule has 4 heterocycles. The molecule has 1 aromatic rings. The van der Waals surface area contributed by atoms with Crippen LogP contribution in [0.5, 0.6) is 0 Å². The Labute approximate surface area is 309 Å². The van der Waals surface area contributed by atoms with Crippen LogP contribution in [-0.2, 0) is 33.5 Å². The molecule has 0 bridgehead atoms. The third kappa shape index (κ3) is 12.9. The number of fused-ring (bicyclic) bond motifs is 3. The highest BCUT2D eigenvalue weighted by Gasteiger charge is 2.43. The van der Waals surface area contributed by atoms with Gasteiger partial charge in [-0.15, -0.1) is 0 Å². The number of nitrogens with one attached hydrogen (secondary N) is 3. The summed E-state index contributed by atoms with van der Waals surface area (Å²) in [7, 11) is 1.68. The minimum Gasteiger partial charge on any atom is -0.464 e. The number of ether oxygens (including phenoxy) is 1. The summed E-state index contributed by atoms with van der Waals surface area (Å²) < 4.78 is 5.33. The number of carbonyl (C=O) groups excluding carboxylic acids is 7. The normalized spacial score (nSPS) is 24.0. The maximum Gasteiger partial charge on any atom is 0.343 e. The summed E-state index contributed by atoms with van der Waals surface area (Å²) in [6.45, 7) is 4.72. The fourth-order valence-corrected chi connectivity index (χ4v) is 6.42. The molecule has 7 amide bonds. The average Bonchev–Trinajstić information content (AvgIpc) is 3.84. The number of carbonyl (C=O) groups is 7. The second kappa shape index (κ2) is 21.1. The number of amides is 7. The Morgan fingerprint density at radius 3 is 2.15 bits per heavy atom. The summed E-state index contributed by atoms with van der Waals surface area (Å²) in [5, 5.41) is 7.60. The van der Waals surface area contributed by atoms with Gasteiger partial charge in [-0.05, 0) is 71.1 Å². The number of primary amides is 1. The van der Waals surface area contributed by atoms with E-state index >= 15 is 0 Å². The molecule has 7 N–H and O–H groups in total. The van der Waals surface area contributed by atoms with Crippen LogP contribution in [0.1, 0.15) is 63.9 Å². The molecule has 17 heteroatoms. The number of hydrogen-bond acceptors (Lipinski definition) is 9. The average molecular weight is 740 g/mol. The van der Waals surface area contributed by atoms with E-state index in [0.717, 1.165) is 19.3 Å². The fraction of sp³-hybridized carbons (Fsp3) is 0.556. The number of urea groups is 1. The first-order chi connectivity index (χ1) is 25.3. The van der Waals surface area contributed by atoms with Crippen LogP contribution >= 0.6 is 0 Å². The Balaban J connectivity index is 0.000000296.